The Morgan fingerprint density at radius 3 is 1.33 bits per heavy atom. The smallest absolute Gasteiger partial charge is 0.328 e. The standard InChI is InChI=1S/2C25H25ClFN5O2.C4H4O4/c2*1-34-22-12-20-17(24(29-15-28-20)30-16-5-6-19(27)18(26)10-16)11-21(22)31-23(33)4-2-9-32-13-25(14-32)7-3-8-25;5-3(6)1-2-4(7)8/h2*2,4-6,10-12,15H,3,7-9,13-14H2,1H3,(H,31,33)(H,28,29,30);1-2H,(H,5,6)(H,7,8)/b2*4-2+;2-1-. The van der Waals surface area contributed by atoms with Gasteiger partial charge in [0.1, 0.15) is 47.4 Å². The first kappa shape index (κ1) is 54.5. The number of carboxylic acids is 2. The summed E-state index contributed by atoms with van der Waals surface area (Å²) in [5, 5.41) is 29.0. The van der Waals surface area contributed by atoms with Crippen LogP contribution in [0.4, 0.5) is 43.2 Å². The van der Waals surface area contributed by atoms with Gasteiger partial charge in [-0.2, -0.15) is 0 Å². The molecular formula is C54H54Cl2F2N10O8. The first-order valence-electron chi connectivity index (χ1n) is 24.2. The van der Waals surface area contributed by atoms with E-state index in [1.807, 2.05) is 12.2 Å². The number of amides is 2. The van der Waals surface area contributed by atoms with Crippen LogP contribution in [0, 0.1) is 22.5 Å². The van der Waals surface area contributed by atoms with Gasteiger partial charge >= 0.3 is 11.9 Å². The lowest BCUT2D eigenvalue weighted by Crippen LogP contribution is -2.59. The Morgan fingerprint density at radius 2 is 1.00 bits per heavy atom. The number of carbonyl (C=O) groups is 4. The molecule has 4 fully saturated rings. The van der Waals surface area contributed by atoms with E-state index in [0.717, 1.165) is 39.3 Å². The molecule has 4 heterocycles. The fourth-order valence-electron chi connectivity index (χ4n) is 9.48. The Balaban J connectivity index is 0.000000176. The number of rotatable bonds is 16. The number of hydrogen-bond donors (Lipinski definition) is 6. The number of aromatic nitrogens is 4. The third-order valence-corrected chi connectivity index (χ3v) is 14.1. The van der Waals surface area contributed by atoms with Crippen molar-refractivity contribution in [2.75, 3.05) is 74.8 Å². The molecule has 0 bridgehead atoms. The van der Waals surface area contributed by atoms with Gasteiger partial charge in [0.25, 0.3) is 0 Å². The van der Waals surface area contributed by atoms with Crippen LogP contribution >= 0.6 is 23.2 Å². The number of hydrogen-bond acceptors (Lipinski definition) is 14. The maximum atomic E-state index is 13.5. The van der Waals surface area contributed by atoms with E-state index in [1.165, 1.54) is 89.7 Å². The first-order chi connectivity index (χ1) is 36.5. The van der Waals surface area contributed by atoms with Gasteiger partial charge < -0.3 is 41.0 Å². The molecule has 2 aromatic heterocycles. The number of likely N-dealkylation sites (tertiary alicyclic amines) is 2. The van der Waals surface area contributed by atoms with Crippen LogP contribution in [0.15, 0.2) is 110 Å². The van der Waals surface area contributed by atoms with E-state index >= 15 is 0 Å². The van der Waals surface area contributed by atoms with E-state index < -0.39 is 23.6 Å². The zero-order valence-corrected chi connectivity index (χ0v) is 42.9. The molecule has 4 aliphatic rings. The lowest BCUT2D eigenvalue weighted by molar-refractivity contribution is -0.134. The van der Waals surface area contributed by atoms with E-state index in [9.17, 15) is 28.0 Å². The van der Waals surface area contributed by atoms with Crippen LogP contribution < -0.4 is 30.7 Å². The van der Waals surface area contributed by atoms with Crippen molar-refractivity contribution in [1.82, 2.24) is 29.7 Å². The number of fused-ring (bicyclic) bond motifs is 2. The summed E-state index contributed by atoms with van der Waals surface area (Å²) in [5.74, 6) is -2.05. The highest BCUT2D eigenvalue weighted by molar-refractivity contribution is 6.31. The second kappa shape index (κ2) is 24.3. The van der Waals surface area contributed by atoms with E-state index in [1.54, 1.807) is 48.6 Å². The Morgan fingerprint density at radius 1 is 0.605 bits per heavy atom. The maximum Gasteiger partial charge on any atom is 0.328 e. The molecule has 0 unspecified atom stereocenters. The molecule has 4 aromatic carbocycles. The highest BCUT2D eigenvalue weighted by atomic mass is 35.5. The Labute approximate surface area is 445 Å². The highest BCUT2D eigenvalue weighted by Gasteiger charge is 2.47. The predicted molar refractivity (Wildman–Crippen MR) is 287 cm³/mol. The highest BCUT2D eigenvalue weighted by Crippen LogP contribution is 2.49. The van der Waals surface area contributed by atoms with Crippen molar-refractivity contribution in [3.63, 3.8) is 0 Å². The third-order valence-electron chi connectivity index (χ3n) is 13.5. The SMILES string of the molecule is COc1cc2ncnc(Nc3ccc(F)c(Cl)c3)c2cc1NC(=O)/C=C/CN1CC2(CCC2)C1.COc1cc2ncnc(Nc3ccc(F)c(Cl)c3)c2cc1NC(=O)/C=C/CN1CC2(CCC2)C1.O=C(O)/C=C\C(=O)O. The molecular weight excluding hydrogens is 1030 g/mol. The van der Waals surface area contributed by atoms with E-state index in [2.05, 4.69) is 51.0 Å². The molecule has 18 nitrogen and oxygen atoms in total. The van der Waals surface area contributed by atoms with Crippen molar-refractivity contribution in [3.05, 3.63) is 131 Å². The van der Waals surface area contributed by atoms with Crippen LogP contribution in [0.25, 0.3) is 21.8 Å². The molecule has 2 amide bonds. The largest absolute Gasteiger partial charge is 0.494 e. The molecule has 2 aliphatic heterocycles. The van der Waals surface area contributed by atoms with Gasteiger partial charge in [0.15, 0.2) is 0 Å². The van der Waals surface area contributed by atoms with Gasteiger partial charge in [0, 0.05) is 97.9 Å². The summed E-state index contributed by atoms with van der Waals surface area (Å²) >= 11 is 11.8. The third kappa shape index (κ3) is 13.7. The van der Waals surface area contributed by atoms with Gasteiger partial charge in [0.05, 0.1) is 46.7 Å². The molecule has 0 atom stereocenters. The minimum absolute atomic E-state index is 0.00542. The minimum atomic E-state index is -1.26. The molecule has 2 saturated carbocycles. The Kier molecular flexibility index (Phi) is 17.4. The summed E-state index contributed by atoms with van der Waals surface area (Å²) in [5.41, 5.74) is 4.53. The van der Waals surface area contributed by atoms with E-state index in [-0.39, 0.29) is 21.9 Å². The van der Waals surface area contributed by atoms with Crippen LogP contribution in [0.3, 0.4) is 0 Å². The Hall–Kier alpha value is -7.78. The molecule has 2 saturated heterocycles. The van der Waals surface area contributed by atoms with Crippen molar-refractivity contribution < 1.29 is 47.6 Å². The Bertz CT molecular complexity index is 3030. The van der Waals surface area contributed by atoms with Gasteiger partial charge in [0.2, 0.25) is 11.8 Å². The molecule has 6 N–H and O–H groups in total. The molecule has 2 spiro atoms. The summed E-state index contributed by atoms with van der Waals surface area (Å²) in [6, 6.07) is 15.6. The lowest BCUT2D eigenvalue weighted by Gasteiger charge is -2.56. The number of nitrogens with one attached hydrogen (secondary N) is 4. The molecule has 76 heavy (non-hydrogen) atoms. The average molecular weight is 1080 g/mol. The number of anilines is 6. The average Bonchev–Trinajstić information content (AvgIpc) is 3.36. The van der Waals surface area contributed by atoms with Crippen molar-refractivity contribution >= 4 is 103 Å². The van der Waals surface area contributed by atoms with Crippen molar-refractivity contribution in [2.24, 2.45) is 10.8 Å². The van der Waals surface area contributed by atoms with Crippen molar-refractivity contribution in [1.29, 1.82) is 0 Å². The fraction of sp³-hybridized carbons (Fsp3) is 0.296. The van der Waals surface area contributed by atoms with Gasteiger partial charge in [-0.1, -0.05) is 48.2 Å². The number of benzene rings is 4. The number of ether oxygens (including phenoxy) is 2. The zero-order chi connectivity index (χ0) is 54.0. The number of aliphatic carboxylic acids is 2. The van der Waals surface area contributed by atoms with Gasteiger partial charge in [-0.15, -0.1) is 0 Å². The zero-order valence-electron chi connectivity index (χ0n) is 41.4. The number of nitrogens with zero attached hydrogens (tertiary/aromatic N) is 6. The van der Waals surface area contributed by atoms with Crippen LogP contribution in [0.1, 0.15) is 38.5 Å². The van der Waals surface area contributed by atoms with E-state index in [4.69, 9.17) is 42.9 Å². The molecule has 6 aromatic rings. The normalized spacial score (nSPS) is 16.1. The summed E-state index contributed by atoms with van der Waals surface area (Å²) in [6.45, 7) is 6.07. The number of halogens is 4. The van der Waals surface area contributed by atoms with Crippen LogP contribution in [-0.2, 0) is 19.2 Å². The van der Waals surface area contributed by atoms with Gasteiger partial charge in [-0.05, 0) is 85.0 Å². The van der Waals surface area contributed by atoms with Crippen LogP contribution in [-0.4, -0.2) is 117 Å². The predicted octanol–water partition coefficient (Wildman–Crippen LogP) is 10.0. The summed E-state index contributed by atoms with van der Waals surface area (Å²) < 4.78 is 38.0. The van der Waals surface area contributed by atoms with Gasteiger partial charge in [-0.25, -0.2) is 38.3 Å². The summed E-state index contributed by atoms with van der Waals surface area (Å²) in [6.07, 6.45) is 18.9. The number of methoxy groups -OCH3 is 2. The van der Waals surface area contributed by atoms with Crippen LogP contribution in [0.2, 0.25) is 10.0 Å². The minimum Gasteiger partial charge on any atom is -0.494 e. The molecule has 2 aliphatic carbocycles. The van der Waals surface area contributed by atoms with E-state index in [0.29, 0.717) is 90.7 Å². The second-order valence-corrected chi connectivity index (χ2v) is 19.7. The fourth-order valence-corrected chi connectivity index (χ4v) is 9.84. The monoisotopic (exact) mass is 1080 g/mol. The lowest BCUT2D eigenvalue weighted by atomic mass is 9.63. The van der Waals surface area contributed by atoms with Gasteiger partial charge in [-0.3, -0.25) is 19.4 Å². The maximum absolute atomic E-state index is 13.5. The first-order valence-corrected chi connectivity index (χ1v) is 24.9. The topological polar surface area (TPSA) is 233 Å². The van der Waals surface area contributed by atoms with Crippen molar-refractivity contribution in [3.8, 4) is 11.5 Å². The van der Waals surface area contributed by atoms with Crippen molar-refractivity contribution in [2.45, 2.75) is 38.5 Å². The summed E-state index contributed by atoms with van der Waals surface area (Å²) in [7, 11) is 3.07. The molecule has 0 radical (unpaired) electrons. The van der Waals surface area contributed by atoms with Crippen LogP contribution in [0.5, 0.6) is 11.5 Å². The number of carbonyl (C=O) groups excluding carboxylic acids is 2. The molecule has 22 heteroatoms. The quantitative estimate of drug-likeness (QED) is 0.0495. The molecule has 396 valence electrons. The number of carboxylic acid groups (broad SMARTS) is 2. The second-order valence-electron chi connectivity index (χ2n) is 18.9. The molecule has 10 rings (SSSR count). The summed E-state index contributed by atoms with van der Waals surface area (Å²) in [4.78, 5) is 66.2.